The van der Waals surface area contributed by atoms with Crippen LogP contribution in [-0.4, -0.2) is 10.5 Å². The zero-order valence-corrected chi connectivity index (χ0v) is 4.70. The van der Waals surface area contributed by atoms with Gasteiger partial charge in [-0.1, -0.05) is 0 Å². The van der Waals surface area contributed by atoms with Crippen LogP contribution in [0.15, 0.2) is 18.3 Å². The van der Waals surface area contributed by atoms with Gasteiger partial charge in [0.25, 0.3) is 0 Å². The molecule has 46 valence electrons. The summed E-state index contributed by atoms with van der Waals surface area (Å²) in [4.78, 5) is 10.7. The largest absolute Gasteiger partial charge is 0.439 e. The minimum Gasteiger partial charge on any atom is -0.439 e. The smallest absolute Gasteiger partial charge is 0.356 e. The second-order valence-corrected chi connectivity index (χ2v) is 1.92. The fourth-order valence-electron chi connectivity index (χ4n) is 0.914. The van der Waals surface area contributed by atoms with Crippen molar-refractivity contribution in [1.82, 2.24) is 4.57 Å². The van der Waals surface area contributed by atoms with E-state index in [1.54, 1.807) is 10.6 Å². The second kappa shape index (κ2) is 1.37. The molecule has 0 spiro atoms. The van der Waals surface area contributed by atoms with E-state index in [1.165, 1.54) is 0 Å². The van der Waals surface area contributed by atoms with Crippen LogP contribution in [0, 0.1) is 0 Å². The van der Waals surface area contributed by atoms with Crippen molar-refractivity contribution in [2.75, 3.05) is 0 Å². The molecule has 2 rings (SSSR count). The predicted octanol–water partition coefficient (Wildman–Crippen LogP) is 0.616. The summed E-state index contributed by atoms with van der Waals surface area (Å²) >= 11 is 0. The molecule has 1 aliphatic rings. The molecule has 0 aliphatic carbocycles. The van der Waals surface area contributed by atoms with E-state index in [4.69, 9.17) is 0 Å². The van der Waals surface area contributed by atoms with Gasteiger partial charge in [0.1, 0.15) is 5.69 Å². The quantitative estimate of drug-likeness (QED) is 0.473. The number of nitrogens with zero attached hydrogens (tertiary/aromatic N) is 1. The predicted molar refractivity (Wildman–Crippen MR) is 29.8 cm³/mol. The highest BCUT2D eigenvalue weighted by Gasteiger charge is 2.18. The van der Waals surface area contributed by atoms with Crippen LogP contribution in [0.5, 0.6) is 0 Å². The van der Waals surface area contributed by atoms with Gasteiger partial charge in [-0.05, 0) is 12.1 Å². The number of fused-ring (bicyclic) bond motifs is 1. The summed E-state index contributed by atoms with van der Waals surface area (Å²) in [6.45, 7) is 0.376. The molecule has 1 aromatic rings. The third kappa shape index (κ3) is 0.483. The van der Waals surface area contributed by atoms with Crippen LogP contribution >= 0.6 is 0 Å². The Hall–Kier alpha value is -1.25. The fourth-order valence-corrected chi connectivity index (χ4v) is 0.914. The van der Waals surface area contributed by atoms with Crippen molar-refractivity contribution in [2.24, 2.45) is 0 Å². The third-order valence-electron chi connectivity index (χ3n) is 1.37. The molecule has 0 unspecified atom stereocenters. The van der Waals surface area contributed by atoms with Crippen LogP contribution in [0.2, 0.25) is 0 Å². The van der Waals surface area contributed by atoms with E-state index in [0.29, 0.717) is 12.4 Å². The van der Waals surface area contributed by atoms with Crippen molar-refractivity contribution in [1.29, 1.82) is 0 Å². The van der Waals surface area contributed by atoms with E-state index < -0.39 is 0 Å². The van der Waals surface area contributed by atoms with Crippen molar-refractivity contribution in [3.63, 3.8) is 0 Å². The van der Waals surface area contributed by atoms with Crippen LogP contribution in [0.1, 0.15) is 10.5 Å². The Balaban J connectivity index is 2.61. The van der Waals surface area contributed by atoms with Gasteiger partial charge >= 0.3 is 5.97 Å². The van der Waals surface area contributed by atoms with Crippen LogP contribution < -0.4 is 0 Å². The van der Waals surface area contributed by atoms with Gasteiger partial charge in [0.05, 0.1) is 0 Å². The van der Waals surface area contributed by atoms with Gasteiger partial charge in [-0.25, -0.2) is 4.79 Å². The van der Waals surface area contributed by atoms with E-state index >= 15 is 0 Å². The van der Waals surface area contributed by atoms with E-state index in [-0.39, 0.29) is 5.97 Å². The van der Waals surface area contributed by atoms with Crippen LogP contribution in [0.3, 0.4) is 0 Å². The zero-order chi connectivity index (χ0) is 6.27. The normalized spacial score (nSPS) is 15.3. The van der Waals surface area contributed by atoms with E-state index in [0.717, 1.165) is 0 Å². The number of esters is 1. The van der Waals surface area contributed by atoms with E-state index in [1.807, 2.05) is 12.3 Å². The average Bonchev–Trinajstić information content (AvgIpc) is 2.35. The molecular formula is C6H5NO2. The van der Waals surface area contributed by atoms with Crippen molar-refractivity contribution in [3.05, 3.63) is 24.0 Å². The standard InChI is InChI=1S/C6H5NO2/c8-6-5-2-1-3-7(5)4-9-6/h1-3H,4H2. The zero-order valence-electron chi connectivity index (χ0n) is 4.70. The van der Waals surface area contributed by atoms with Crippen LogP contribution in [-0.2, 0) is 11.5 Å². The molecule has 0 N–H and O–H groups in total. The maximum Gasteiger partial charge on any atom is 0.356 e. The molecule has 0 radical (unpaired) electrons. The SMILES string of the molecule is O=C1OCn2cccc21. The molecule has 0 amide bonds. The summed E-state index contributed by atoms with van der Waals surface area (Å²) in [5.74, 6) is -0.222. The molecule has 3 nitrogen and oxygen atoms in total. The Morgan fingerprint density at radius 1 is 1.67 bits per heavy atom. The molecule has 0 aromatic carbocycles. The molecule has 0 saturated heterocycles. The summed E-state index contributed by atoms with van der Waals surface area (Å²) in [5.41, 5.74) is 0.648. The topological polar surface area (TPSA) is 31.2 Å². The first kappa shape index (κ1) is 4.61. The van der Waals surface area contributed by atoms with Gasteiger partial charge < -0.3 is 9.30 Å². The first-order valence-electron chi connectivity index (χ1n) is 2.70. The van der Waals surface area contributed by atoms with E-state index in [2.05, 4.69) is 4.74 Å². The molecule has 0 bridgehead atoms. The first-order valence-corrected chi connectivity index (χ1v) is 2.70. The minimum absolute atomic E-state index is 0.222. The van der Waals surface area contributed by atoms with Gasteiger partial charge in [0.2, 0.25) is 0 Å². The Morgan fingerprint density at radius 3 is 3.33 bits per heavy atom. The van der Waals surface area contributed by atoms with E-state index in [9.17, 15) is 4.79 Å². The molecule has 1 aliphatic heterocycles. The number of rotatable bonds is 0. The highest BCUT2D eigenvalue weighted by Crippen LogP contribution is 2.11. The molecule has 9 heavy (non-hydrogen) atoms. The minimum atomic E-state index is -0.222. The molecule has 0 atom stereocenters. The summed E-state index contributed by atoms with van der Waals surface area (Å²) < 4.78 is 6.45. The lowest BCUT2D eigenvalue weighted by Crippen LogP contribution is -1.91. The van der Waals surface area contributed by atoms with Crippen molar-refractivity contribution in [2.45, 2.75) is 6.73 Å². The van der Waals surface area contributed by atoms with Gasteiger partial charge in [-0.15, -0.1) is 0 Å². The lowest BCUT2D eigenvalue weighted by atomic mass is 10.4. The Labute approximate surface area is 51.8 Å². The summed E-state index contributed by atoms with van der Waals surface area (Å²) in [5, 5.41) is 0. The Bertz CT molecular complexity index is 251. The number of hydrogen-bond acceptors (Lipinski definition) is 2. The Kier molecular flexibility index (Phi) is 0.704. The summed E-state index contributed by atoms with van der Waals surface area (Å²) in [7, 11) is 0. The molecule has 1 aromatic heterocycles. The van der Waals surface area contributed by atoms with Crippen molar-refractivity contribution < 1.29 is 9.53 Å². The number of hydrogen-bond donors (Lipinski definition) is 0. The molecule has 0 saturated carbocycles. The molecule has 3 heteroatoms. The highest BCUT2D eigenvalue weighted by molar-refractivity contribution is 5.88. The lowest BCUT2D eigenvalue weighted by Gasteiger charge is -1.87. The molecular weight excluding hydrogens is 118 g/mol. The van der Waals surface area contributed by atoms with Gasteiger partial charge in [0, 0.05) is 6.20 Å². The van der Waals surface area contributed by atoms with Gasteiger partial charge in [0.15, 0.2) is 6.73 Å². The highest BCUT2D eigenvalue weighted by atomic mass is 16.6. The number of carbonyl (C=O) groups is 1. The monoisotopic (exact) mass is 123 g/mol. The van der Waals surface area contributed by atoms with Crippen LogP contribution in [0.4, 0.5) is 0 Å². The van der Waals surface area contributed by atoms with Gasteiger partial charge in [-0.2, -0.15) is 0 Å². The third-order valence-corrected chi connectivity index (χ3v) is 1.37. The first-order chi connectivity index (χ1) is 4.38. The molecule has 0 fully saturated rings. The summed E-state index contributed by atoms with van der Waals surface area (Å²) in [6, 6.07) is 3.57. The number of cyclic esters (lactones) is 1. The van der Waals surface area contributed by atoms with Crippen molar-refractivity contribution >= 4 is 5.97 Å². The maximum atomic E-state index is 10.7. The van der Waals surface area contributed by atoms with Crippen molar-refractivity contribution in [3.8, 4) is 0 Å². The number of ether oxygens (including phenoxy) is 1. The van der Waals surface area contributed by atoms with Gasteiger partial charge in [-0.3, -0.25) is 0 Å². The summed E-state index contributed by atoms with van der Waals surface area (Å²) in [6.07, 6.45) is 1.82. The second-order valence-electron chi connectivity index (χ2n) is 1.92. The fraction of sp³-hybridized carbons (Fsp3) is 0.167. The number of aromatic nitrogens is 1. The van der Waals surface area contributed by atoms with Crippen LogP contribution in [0.25, 0.3) is 0 Å². The number of carbonyl (C=O) groups excluding carboxylic acids is 1. The Morgan fingerprint density at radius 2 is 2.56 bits per heavy atom. The average molecular weight is 123 g/mol. The maximum absolute atomic E-state index is 10.7. The lowest BCUT2D eigenvalue weighted by molar-refractivity contribution is 0.0495. The molecule has 2 heterocycles.